The third kappa shape index (κ3) is 2.33. The van der Waals surface area contributed by atoms with Gasteiger partial charge in [-0.2, -0.15) is 5.10 Å². The highest BCUT2D eigenvalue weighted by Gasteiger charge is 2.12. The topological polar surface area (TPSA) is 68.8 Å². The molecule has 1 N–H and O–H groups in total. The van der Waals surface area contributed by atoms with Crippen molar-refractivity contribution in [3.8, 4) is 5.82 Å². The van der Waals surface area contributed by atoms with Gasteiger partial charge in [0.1, 0.15) is 18.4 Å². The number of nitrogens with zero attached hydrogens (tertiary/aromatic N) is 4. The van der Waals surface area contributed by atoms with E-state index in [4.69, 9.17) is 4.42 Å². The normalized spacial score (nSPS) is 12.3. The Hall–Kier alpha value is -2.63. The lowest BCUT2D eigenvalue weighted by Crippen LogP contribution is -2.10. The second-order valence-corrected chi connectivity index (χ2v) is 4.10. The second-order valence-electron chi connectivity index (χ2n) is 4.10. The van der Waals surface area contributed by atoms with Crippen LogP contribution in [-0.4, -0.2) is 19.7 Å². The van der Waals surface area contributed by atoms with Crippen LogP contribution in [0.5, 0.6) is 0 Å². The summed E-state index contributed by atoms with van der Waals surface area (Å²) in [6.45, 7) is 2.02. The molecule has 0 spiro atoms. The van der Waals surface area contributed by atoms with Crippen LogP contribution in [0.4, 0.5) is 5.69 Å². The monoisotopic (exact) mass is 255 g/mol. The number of furan rings is 1. The molecule has 3 rings (SSSR count). The number of anilines is 1. The van der Waals surface area contributed by atoms with Crippen LogP contribution in [-0.2, 0) is 0 Å². The lowest BCUT2D eigenvalue weighted by atomic mass is 10.2. The van der Waals surface area contributed by atoms with Gasteiger partial charge in [0, 0.05) is 6.20 Å². The van der Waals surface area contributed by atoms with Crippen LogP contribution in [0.15, 0.2) is 53.8 Å². The number of hydrogen-bond acceptors (Lipinski definition) is 5. The molecular formula is C13H13N5O. The summed E-state index contributed by atoms with van der Waals surface area (Å²) < 4.78 is 7.00. The van der Waals surface area contributed by atoms with E-state index in [1.807, 2.05) is 31.2 Å². The average molecular weight is 255 g/mol. The molecule has 3 heterocycles. The molecule has 3 aromatic heterocycles. The molecule has 0 aliphatic heterocycles. The van der Waals surface area contributed by atoms with E-state index < -0.39 is 0 Å². The molecule has 3 aromatic rings. The van der Waals surface area contributed by atoms with E-state index in [0.29, 0.717) is 5.82 Å². The maximum absolute atomic E-state index is 5.38. The molecule has 96 valence electrons. The van der Waals surface area contributed by atoms with Gasteiger partial charge in [-0.1, -0.05) is 0 Å². The molecule has 0 saturated carbocycles. The van der Waals surface area contributed by atoms with E-state index in [0.717, 1.165) is 11.4 Å². The highest BCUT2D eigenvalue weighted by atomic mass is 16.3. The van der Waals surface area contributed by atoms with E-state index in [9.17, 15) is 0 Å². The summed E-state index contributed by atoms with van der Waals surface area (Å²) in [6.07, 6.45) is 6.48. The first-order valence-electron chi connectivity index (χ1n) is 5.94. The van der Waals surface area contributed by atoms with Crippen LogP contribution < -0.4 is 5.32 Å². The summed E-state index contributed by atoms with van der Waals surface area (Å²) in [7, 11) is 0. The van der Waals surface area contributed by atoms with Gasteiger partial charge in [0.05, 0.1) is 18.0 Å². The largest absolute Gasteiger partial charge is 0.467 e. The zero-order valence-electron chi connectivity index (χ0n) is 10.4. The fourth-order valence-corrected chi connectivity index (χ4v) is 1.85. The molecule has 6 heteroatoms. The molecule has 0 aliphatic rings. The highest BCUT2D eigenvalue weighted by molar-refractivity contribution is 5.56. The van der Waals surface area contributed by atoms with Gasteiger partial charge in [0.25, 0.3) is 0 Å². The van der Waals surface area contributed by atoms with E-state index in [2.05, 4.69) is 20.4 Å². The maximum atomic E-state index is 5.38. The first kappa shape index (κ1) is 11.5. The number of hydrogen-bond donors (Lipinski definition) is 1. The van der Waals surface area contributed by atoms with Crippen molar-refractivity contribution in [2.24, 2.45) is 0 Å². The van der Waals surface area contributed by atoms with Gasteiger partial charge in [0.15, 0.2) is 5.82 Å². The lowest BCUT2D eigenvalue weighted by Gasteiger charge is -2.15. The molecule has 0 bridgehead atoms. The number of aromatic nitrogens is 4. The summed E-state index contributed by atoms with van der Waals surface area (Å²) in [5, 5.41) is 7.45. The fraction of sp³-hybridized carbons (Fsp3) is 0.154. The van der Waals surface area contributed by atoms with Crippen LogP contribution in [0.3, 0.4) is 0 Å². The minimum atomic E-state index is 0.0430. The molecular weight excluding hydrogens is 242 g/mol. The van der Waals surface area contributed by atoms with Crippen LogP contribution >= 0.6 is 0 Å². The number of nitrogens with one attached hydrogen (secondary N) is 1. The Balaban J connectivity index is 1.89. The predicted octanol–water partition coefficient (Wildman–Crippen LogP) is 2.43. The van der Waals surface area contributed by atoms with Crippen molar-refractivity contribution in [2.75, 3.05) is 5.32 Å². The third-order valence-corrected chi connectivity index (χ3v) is 2.76. The van der Waals surface area contributed by atoms with Gasteiger partial charge in [-0.25, -0.2) is 14.6 Å². The summed E-state index contributed by atoms with van der Waals surface area (Å²) in [5.74, 6) is 1.58. The van der Waals surface area contributed by atoms with Crippen LogP contribution in [0.2, 0.25) is 0 Å². The van der Waals surface area contributed by atoms with E-state index in [1.54, 1.807) is 23.5 Å². The van der Waals surface area contributed by atoms with Crippen LogP contribution in [0.1, 0.15) is 18.7 Å². The molecule has 0 saturated heterocycles. The summed E-state index contributed by atoms with van der Waals surface area (Å²) in [5.41, 5.74) is 0.872. The van der Waals surface area contributed by atoms with Crippen molar-refractivity contribution in [3.63, 3.8) is 0 Å². The minimum absolute atomic E-state index is 0.0430. The summed E-state index contributed by atoms with van der Waals surface area (Å²) in [4.78, 5) is 8.26. The molecule has 0 amide bonds. The van der Waals surface area contributed by atoms with Crippen molar-refractivity contribution >= 4 is 5.69 Å². The number of rotatable bonds is 4. The number of pyridine rings is 1. The molecule has 0 aromatic carbocycles. The van der Waals surface area contributed by atoms with Crippen molar-refractivity contribution in [1.29, 1.82) is 0 Å². The van der Waals surface area contributed by atoms with Crippen LogP contribution in [0.25, 0.3) is 5.82 Å². The molecule has 0 fully saturated rings. The first-order valence-corrected chi connectivity index (χ1v) is 5.94. The average Bonchev–Trinajstić information content (AvgIpc) is 3.13. The highest BCUT2D eigenvalue weighted by Crippen LogP contribution is 2.23. The zero-order valence-corrected chi connectivity index (χ0v) is 10.4. The standard InChI is InChI=1S/C13H13N5O/c1-10(12-5-3-7-19-12)17-11-4-2-6-15-13(11)18-9-14-8-16-18/h2-10,17H,1H3. The van der Waals surface area contributed by atoms with Gasteiger partial charge in [0.2, 0.25) is 0 Å². The van der Waals surface area contributed by atoms with Crippen molar-refractivity contribution in [2.45, 2.75) is 13.0 Å². The van der Waals surface area contributed by atoms with E-state index in [-0.39, 0.29) is 6.04 Å². The van der Waals surface area contributed by atoms with E-state index in [1.165, 1.54) is 6.33 Å². The molecule has 6 nitrogen and oxygen atoms in total. The quantitative estimate of drug-likeness (QED) is 0.775. The smallest absolute Gasteiger partial charge is 0.178 e. The second kappa shape index (κ2) is 4.93. The van der Waals surface area contributed by atoms with Gasteiger partial charge in [-0.15, -0.1) is 0 Å². The molecule has 0 radical (unpaired) electrons. The van der Waals surface area contributed by atoms with Gasteiger partial charge in [-0.3, -0.25) is 0 Å². The Morgan fingerprint density at radius 1 is 1.32 bits per heavy atom. The molecule has 0 aliphatic carbocycles. The zero-order chi connectivity index (χ0) is 13.1. The Morgan fingerprint density at radius 2 is 2.26 bits per heavy atom. The summed E-state index contributed by atoms with van der Waals surface area (Å²) >= 11 is 0. The van der Waals surface area contributed by atoms with Gasteiger partial charge in [-0.05, 0) is 31.2 Å². The molecule has 1 unspecified atom stereocenters. The Kier molecular flexibility index (Phi) is 2.97. The third-order valence-electron chi connectivity index (χ3n) is 2.76. The maximum Gasteiger partial charge on any atom is 0.178 e. The minimum Gasteiger partial charge on any atom is -0.467 e. The van der Waals surface area contributed by atoms with Gasteiger partial charge >= 0.3 is 0 Å². The molecule has 1 atom stereocenters. The van der Waals surface area contributed by atoms with Crippen molar-refractivity contribution < 1.29 is 4.42 Å². The Morgan fingerprint density at radius 3 is 3.00 bits per heavy atom. The predicted molar refractivity (Wildman–Crippen MR) is 69.9 cm³/mol. The van der Waals surface area contributed by atoms with Crippen LogP contribution in [0, 0.1) is 0 Å². The van der Waals surface area contributed by atoms with Gasteiger partial charge < -0.3 is 9.73 Å². The van der Waals surface area contributed by atoms with Crippen molar-refractivity contribution in [3.05, 3.63) is 55.1 Å². The first-order chi connectivity index (χ1) is 9.34. The summed E-state index contributed by atoms with van der Waals surface area (Å²) in [6, 6.07) is 7.67. The fourth-order valence-electron chi connectivity index (χ4n) is 1.85. The van der Waals surface area contributed by atoms with Crippen molar-refractivity contribution in [1.82, 2.24) is 19.7 Å². The SMILES string of the molecule is CC(Nc1cccnc1-n1cncn1)c1ccco1. The molecule has 19 heavy (non-hydrogen) atoms. The van der Waals surface area contributed by atoms with E-state index >= 15 is 0 Å². The Bertz CT molecular complexity index is 633. The lowest BCUT2D eigenvalue weighted by molar-refractivity contribution is 0.490. The Labute approximate surface area is 110 Å².